The molecule has 0 fully saturated rings. The maximum Gasteiger partial charge on any atom is 0.0751 e. The van der Waals surface area contributed by atoms with Crippen molar-refractivity contribution in [2.45, 2.75) is 58.8 Å². The number of rotatable bonds is 7. The molecule has 19 heavy (non-hydrogen) atoms. The Bertz CT molecular complexity index is 540. The van der Waals surface area contributed by atoms with Crippen LogP contribution >= 0.6 is 54.5 Å². The third-order valence-corrected chi connectivity index (χ3v) is 7.97. The van der Waals surface area contributed by atoms with Crippen LogP contribution in [0.4, 0.5) is 0 Å². The molecule has 0 aliphatic carbocycles. The largest absolute Gasteiger partial charge is 0.127 e. The fourth-order valence-electron chi connectivity index (χ4n) is 2.33. The fourth-order valence-corrected chi connectivity index (χ4v) is 6.52. The number of aryl methyl sites for hydroxylation is 2. The number of unbranched alkanes of at least 4 members (excludes halogenated alkanes) is 5. The summed E-state index contributed by atoms with van der Waals surface area (Å²) in [5, 5.41) is 0. The molecule has 106 valence electrons. The average Bonchev–Trinajstić information content (AvgIpc) is 2.83. The third-order valence-electron chi connectivity index (χ3n) is 3.52. The summed E-state index contributed by atoms with van der Waals surface area (Å²) < 4.78 is 5.60. The second-order valence-electron chi connectivity index (χ2n) is 5.03. The molecule has 0 saturated heterocycles. The van der Waals surface area contributed by atoms with Gasteiger partial charge < -0.3 is 0 Å². The Morgan fingerprint density at radius 1 is 0.842 bits per heavy atom. The lowest BCUT2D eigenvalue weighted by molar-refractivity contribution is 0.608. The van der Waals surface area contributed by atoms with Gasteiger partial charge in [0, 0.05) is 0 Å². The molecule has 0 amide bonds. The number of hydrogen-bond acceptors (Lipinski definition) is 2. The molecule has 0 radical (unpaired) electrons. The third kappa shape index (κ3) is 3.84. The van der Waals surface area contributed by atoms with E-state index < -0.39 is 0 Å². The summed E-state index contributed by atoms with van der Waals surface area (Å²) in [7, 11) is 0. The predicted molar refractivity (Wildman–Crippen MR) is 96.9 cm³/mol. The highest BCUT2D eigenvalue weighted by Crippen LogP contribution is 2.45. The Morgan fingerprint density at radius 3 is 2.21 bits per heavy atom. The number of fused-ring (bicyclic) bond motifs is 1. The van der Waals surface area contributed by atoms with Crippen molar-refractivity contribution >= 4 is 63.9 Å². The molecule has 2 rings (SSSR count). The Labute approximate surface area is 140 Å². The molecule has 0 atom stereocenters. The van der Waals surface area contributed by atoms with E-state index in [1.807, 2.05) is 22.7 Å². The first-order valence-electron chi connectivity index (χ1n) is 7.01. The van der Waals surface area contributed by atoms with Crippen LogP contribution in [0.2, 0.25) is 0 Å². The van der Waals surface area contributed by atoms with Gasteiger partial charge in [0.15, 0.2) is 0 Å². The highest BCUT2D eigenvalue weighted by molar-refractivity contribution is 9.11. The molecule has 4 heteroatoms. The van der Waals surface area contributed by atoms with Crippen LogP contribution < -0.4 is 0 Å². The summed E-state index contributed by atoms with van der Waals surface area (Å²) in [5.41, 5.74) is 2.94. The van der Waals surface area contributed by atoms with Crippen LogP contribution in [0.1, 0.15) is 56.6 Å². The Balaban J connectivity index is 1.96. The van der Waals surface area contributed by atoms with Crippen LogP contribution in [-0.2, 0) is 6.42 Å². The molecule has 0 bridgehead atoms. The second kappa shape index (κ2) is 7.58. The van der Waals surface area contributed by atoms with Crippen LogP contribution in [0.15, 0.2) is 7.57 Å². The first-order valence-corrected chi connectivity index (χ1v) is 10.2. The quantitative estimate of drug-likeness (QED) is 0.400. The summed E-state index contributed by atoms with van der Waals surface area (Å²) >= 11 is 11.2. The van der Waals surface area contributed by atoms with Crippen LogP contribution in [0.5, 0.6) is 0 Å². The summed E-state index contributed by atoms with van der Waals surface area (Å²) in [5.74, 6) is 0. The molecule has 2 aromatic rings. The lowest BCUT2D eigenvalue weighted by Gasteiger charge is -2.01. The molecule has 0 saturated carbocycles. The molecule has 0 aliphatic rings. The van der Waals surface area contributed by atoms with Gasteiger partial charge in [-0.05, 0) is 62.8 Å². The minimum Gasteiger partial charge on any atom is -0.127 e. The Kier molecular flexibility index (Phi) is 6.38. The van der Waals surface area contributed by atoms with Crippen LogP contribution in [0, 0.1) is 6.92 Å². The van der Waals surface area contributed by atoms with Gasteiger partial charge in [-0.1, -0.05) is 39.0 Å². The summed E-state index contributed by atoms with van der Waals surface area (Å²) in [6, 6.07) is 0. The van der Waals surface area contributed by atoms with Crippen molar-refractivity contribution in [3.05, 3.63) is 18.7 Å². The van der Waals surface area contributed by atoms with E-state index in [1.165, 1.54) is 73.0 Å². The normalized spacial score (nSPS) is 11.6. The van der Waals surface area contributed by atoms with Gasteiger partial charge in [-0.25, -0.2) is 0 Å². The zero-order valence-electron chi connectivity index (χ0n) is 11.5. The molecule has 0 aromatic carbocycles. The molecule has 0 aliphatic heterocycles. The van der Waals surface area contributed by atoms with Crippen molar-refractivity contribution in [1.82, 2.24) is 0 Å². The second-order valence-corrected chi connectivity index (χ2v) is 9.71. The molecular weight excluding hydrogens is 404 g/mol. The van der Waals surface area contributed by atoms with Crippen molar-refractivity contribution < 1.29 is 0 Å². The number of hydrogen-bond donors (Lipinski definition) is 0. The van der Waals surface area contributed by atoms with Crippen LogP contribution in [-0.4, -0.2) is 0 Å². The van der Waals surface area contributed by atoms with Gasteiger partial charge in [0.05, 0.1) is 17.0 Å². The minimum absolute atomic E-state index is 1.22. The maximum atomic E-state index is 3.75. The number of thiophene rings is 2. The smallest absolute Gasteiger partial charge is 0.0751 e. The molecule has 2 aromatic heterocycles. The van der Waals surface area contributed by atoms with Crippen molar-refractivity contribution in [1.29, 1.82) is 0 Å². The summed E-state index contributed by atoms with van der Waals surface area (Å²) in [6.07, 6.45) is 9.44. The monoisotopic (exact) mass is 422 g/mol. The Hall–Kier alpha value is 0.620. The van der Waals surface area contributed by atoms with E-state index in [2.05, 4.69) is 45.7 Å². The van der Waals surface area contributed by atoms with Crippen molar-refractivity contribution in [3.8, 4) is 0 Å². The first kappa shape index (κ1) is 16.0. The SMILES string of the molecule is CCCCCCCCc1c(Br)sc2c(C)c(Br)sc12. The highest BCUT2D eigenvalue weighted by Gasteiger charge is 2.16. The van der Waals surface area contributed by atoms with Gasteiger partial charge in [0.1, 0.15) is 0 Å². The van der Waals surface area contributed by atoms with Crippen LogP contribution in [0.3, 0.4) is 0 Å². The topological polar surface area (TPSA) is 0 Å². The zero-order valence-corrected chi connectivity index (χ0v) is 16.3. The van der Waals surface area contributed by atoms with Gasteiger partial charge in [-0.2, -0.15) is 0 Å². The van der Waals surface area contributed by atoms with E-state index in [-0.39, 0.29) is 0 Å². The van der Waals surface area contributed by atoms with Crippen molar-refractivity contribution in [2.75, 3.05) is 0 Å². The predicted octanol–water partition coefficient (Wildman–Crippen LogP) is 7.70. The van der Waals surface area contributed by atoms with E-state index in [1.54, 1.807) is 0 Å². The van der Waals surface area contributed by atoms with Gasteiger partial charge in [-0.15, -0.1) is 22.7 Å². The fraction of sp³-hybridized carbons (Fsp3) is 0.600. The molecule has 2 heterocycles. The zero-order chi connectivity index (χ0) is 13.8. The molecule has 0 N–H and O–H groups in total. The van der Waals surface area contributed by atoms with Gasteiger partial charge in [0.2, 0.25) is 0 Å². The average molecular weight is 424 g/mol. The van der Waals surface area contributed by atoms with E-state index >= 15 is 0 Å². The minimum atomic E-state index is 1.22. The van der Waals surface area contributed by atoms with Crippen LogP contribution in [0.25, 0.3) is 9.40 Å². The maximum absolute atomic E-state index is 3.75. The molecule has 0 nitrogen and oxygen atoms in total. The van der Waals surface area contributed by atoms with E-state index in [9.17, 15) is 0 Å². The van der Waals surface area contributed by atoms with Crippen molar-refractivity contribution in [2.24, 2.45) is 0 Å². The standard InChI is InChI=1S/C15H20Br2S2/c1-3-4-5-6-7-8-9-11-13-12(18-15(11)17)10(2)14(16)19-13/h3-9H2,1-2H3. The van der Waals surface area contributed by atoms with Gasteiger partial charge >= 0.3 is 0 Å². The summed E-state index contributed by atoms with van der Waals surface area (Å²) in [4.78, 5) is 0. The first-order chi connectivity index (χ1) is 9.15. The van der Waals surface area contributed by atoms with E-state index in [4.69, 9.17) is 0 Å². The lowest BCUT2D eigenvalue weighted by atomic mass is 10.1. The highest BCUT2D eigenvalue weighted by atomic mass is 79.9. The summed E-state index contributed by atoms with van der Waals surface area (Å²) in [6.45, 7) is 4.48. The Morgan fingerprint density at radius 2 is 1.47 bits per heavy atom. The van der Waals surface area contributed by atoms with Gasteiger partial charge in [0.25, 0.3) is 0 Å². The van der Waals surface area contributed by atoms with E-state index in [0.717, 1.165) is 0 Å². The molecule has 0 unspecified atom stereocenters. The van der Waals surface area contributed by atoms with Gasteiger partial charge in [-0.3, -0.25) is 0 Å². The van der Waals surface area contributed by atoms with Crippen molar-refractivity contribution in [3.63, 3.8) is 0 Å². The molecule has 0 spiro atoms. The lowest BCUT2D eigenvalue weighted by Crippen LogP contribution is -1.85. The number of halogens is 2. The van der Waals surface area contributed by atoms with E-state index in [0.29, 0.717) is 0 Å². The molecular formula is C15H20Br2S2.